The van der Waals surface area contributed by atoms with Crippen molar-refractivity contribution < 1.29 is 0 Å². The molecule has 0 saturated carbocycles. The van der Waals surface area contributed by atoms with Crippen molar-refractivity contribution in [3.8, 4) is 0 Å². The molecule has 0 aliphatic heterocycles. The number of allylic oxidation sites excluding steroid dienone is 4. The van der Waals surface area contributed by atoms with Crippen LogP contribution in [0.25, 0.3) is 6.08 Å². The fourth-order valence-electron chi connectivity index (χ4n) is 3.29. The highest BCUT2D eigenvalue weighted by Crippen LogP contribution is 2.24. The summed E-state index contributed by atoms with van der Waals surface area (Å²) in [6.45, 7) is 20.7. The molecule has 0 heterocycles. The Kier molecular flexibility index (Phi) is 8.65. The Hall–Kier alpha value is -2.88. The molecule has 2 N–H and O–H groups in total. The first kappa shape index (κ1) is 23.2. The molecule has 1 rings (SSSR count). The Morgan fingerprint density at radius 3 is 2.29 bits per heavy atom. The quantitative estimate of drug-likeness (QED) is 0.593. The van der Waals surface area contributed by atoms with E-state index in [0.29, 0.717) is 5.70 Å². The maximum atomic E-state index is 6.14. The van der Waals surface area contributed by atoms with Crippen molar-refractivity contribution in [3.05, 3.63) is 71.2 Å². The fraction of sp³-hybridized carbons (Fsp3) is 0.333. The number of rotatable bonds is 8. The molecule has 150 valence electrons. The van der Waals surface area contributed by atoms with Crippen LogP contribution in [0.5, 0.6) is 0 Å². The predicted octanol–water partition coefficient (Wildman–Crippen LogP) is 5.67. The third kappa shape index (κ3) is 5.56. The van der Waals surface area contributed by atoms with E-state index in [1.54, 1.807) is 7.05 Å². The topological polar surface area (TPSA) is 54.0 Å². The minimum atomic E-state index is 0.684. The minimum absolute atomic E-state index is 0.684. The Labute approximate surface area is 170 Å². The van der Waals surface area contributed by atoms with Gasteiger partial charge in [0.15, 0.2) is 0 Å². The first-order valence-electron chi connectivity index (χ1n) is 9.49. The van der Waals surface area contributed by atoms with Crippen LogP contribution in [0, 0.1) is 6.92 Å². The van der Waals surface area contributed by atoms with E-state index in [4.69, 9.17) is 5.73 Å². The molecule has 0 aromatic heterocycles. The second-order valence-electron chi connectivity index (χ2n) is 6.88. The molecule has 0 radical (unpaired) electrons. The van der Waals surface area contributed by atoms with Crippen molar-refractivity contribution >= 4 is 23.2 Å². The fourth-order valence-corrected chi connectivity index (χ4v) is 3.29. The second kappa shape index (κ2) is 10.5. The van der Waals surface area contributed by atoms with Gasteiger partial charge in [0, 0.05) is 48.2 Å². The van der Waals surface area contributed by atoms with Crippen LogP contribution in [0.1, 0.15) is 45.7 Å². The van der Waals surface area contributed by atoms with Crippen LogP contribution >= 0.6 is 0 Å². The lowest BCUT2D eigenvalue weighted by Gasteiger charge is -2.24. The van der Waals surface area contributed by atoms with Gasteiger partial charge < -0.3 is 10.6 Å². The lowest BCUT2D eigenvalue weighted by Crippen LogP contribution is -2.19. The zero-order valence-corrected chi connectivity index (χ0v) is 18.4. The van der Waals surface area contributed by atoms with Crippen molar-refractivity contribution in [3.63, 3.8) is 0 Å². The van der Waals surface area contributed by atoms with Crippen LogP contribution in [0.2, 0.25) is 0 Å². The van der Waals surface area contributed by atoms with Crippen LogP contribution in [0.4, 0.5) is 5.69 Å². The number of nitrogens with zero attached hydrogens (tertiary/aromatic N) is 3. The Morgan fingerprint density at radius 1 is 1.21 bits per heavy atom. The lowest BCUT2D eigenvalue weighted by molar-refractivity contribution is 0.957. The molecular weight excluding hydrogens is 344 g/mol. The summed E-state index contributed by atoms with van der Waals surface area (Å²) >= 11 is 0. The van der Waals surface area contributed by atoms with Crippen molar-refractivity contribution in [2.45, 2.75) is 41.5 Å². The molecule has 28 heavy (non-hydrogen) atoms. The Balaban J connectivity index is 3.39. The van der Waals surface area contributed by atoms with E-state index in [9.17, 15) is 0 Å². The zero-order chi connectivity index (χ0) is 21.4. The van der Waals surface area contributed by atoms with Crippen LogP contribution in [-0.4, -0.2) is 25.0 Å². The first-order chi connectivity index (χ1) is 13.2. The summed E-state index contributed by atoms with van der Waals surface area (Å²) < 4.78 is 0. The van der Waals surface area contributed by atoms with E-state index < -0.39 is 0 Å². The molecule has 0 aliphatic carbocycles. The monoisotopic (exact) mass is 378 g/mol. The number of hydrogen-bond donors (Lipinski definition) is 1. The van der Waals surface area contributed by atoms with Crippen LogP contribution < -0.4 is 10.6 Å². The van der Waals surface area contributed by atoms with Gasteiger partial charge in [0.2, 0.25) is 0 Å². The van der Waals surface area contributed by atoms with Gasteiger partial charge in [-0.15, -0.1) is 0 Å². The Bertz CT molecular complexity index is 863. The van der Waals surface area contributed by atoms with Gasteiger partial charge in [0.05, 0.1) is 5.71 Å². The summed E-state index contributed by atoms with van der Waals surface area (Å²) in [5.74, 6) is 0. The van der Waals surface area contributed by atoms with Crippen molar-refractivity contribution in [1.29, 1.82) is 0 Å². The molecule has 1 aromatic carbocycles. The van der Waals surface area contributed by atoms with E-state index in [1.165, 1.54) is 11.8 Å². The highest BCUT2D eigenvalue weighted by molar-refractivity contribution is 6.30. The standard InChI is InChI=1S/C24H34N4/c1-10-27-20(8)23(19(7)25)24(26-9)18(6)14-21-12-13-22(15-17(21)5)28(11-2)16(3)4/h10,12-15H,1,3,11,25H2,2,4-9H3/b18-14+,23-19-,26-24-,27-20-. The molecule has 0 fully saturated rings. The first-order valence-corrected chi connectivity index (χ1v) is 9.49. The zero-order valence-electron chi connectivity index (χ0n) is 18.4. The average molecular weight is 379 g/mol. The minimum Gasteiger partial charge on any atom is -0.402 e. The van der Waals surface area contributed by atoms with Gasteiger partial charge in [0.1, 0.15) is 0 Å². The maximum Gasteiger partial charge on any atom is 0.0707 e. The Morgan fingerprint density at radius 2 is 1.86 bits per heavy atom. The van der Waals surface area contributed by atoms with Gasteiger partial charge in [-0.3, -0.25) is 9.98 Å². The van der Waals surface area contributed by atoms with Crippen molar-refractivity contribution in [1.82, 2.24) is 0 Å². The molecular formula is C24H34N4. The normalized spacial score (nSPS) is 13.9. The summed E-state index contributed by atoms with van der Waals surface area (Å²) in [6.07, 6.45) is 3.66. The smallest absolute Gasteiger partial charge is 0.0707 e. The van der Waals surface area contributed by atoms with Gasteiger partial charge in [-0.1, -0.05) is 19.2 Å². The highest BCUT2D eigenvalue weighted by atomic mass is 15.1. The number of benzene rings is 1. The van der Waals surface area contributed by atoms with E-state index in [-0.39, 0.29) is 0 Å². The summed E-state index contributed by atoms with van der Waals surface area (Å²) in [5, 5.41) is 0. The van der Waals surface area contributed by atoms with Gasteiger partial charge in [-0.25, -0.2) is 0 Å². The number of aliphatic imine (C=N–C) groups is 2. The molecule has 4 nitrogen and oxygen atoms in total. The molecule has 0 unspecified atom stereocenters. The molecule has 0 atom stereocenters. The van der Waals surface area contributed by atoms with E-state index in [0.717, 1.165) is 46.1 Å². The second-order valence-corrected chi connectivity index (χ2v) is 6.88. The van der Waals surface area contributed by atoms with Crippen molar-refractivity contribution in [2.24, 2.45) is 15.7 Å². The highest BCUT2D eigenvalue weighted by Gasteiger charge is 2.15. The molecule has 4 heteroatoms. The SMILES string of the molecule is C=C\N=C(C)/C(C(=N\C)/C(C)=C/c1ccc(N(CC)C(=C)C)cc1C)=C(\C)N. The van der Waals surface area contributed by atoms with E-state index >= 15 is 0 Å². The van der Waals surface area contributed by atoms with Crippen LogP contribution in [-0.2, 0) is 0 Å². The predicted molar refractivity (Wildman–Crippen MR) is 126 cm³/mol. The summed E-state index contributed by atoms with van der Waals surface area (Å²) in [7, 11) is 1.78. The number of anilines is 1. The van der Waals surface area contributed by atoms with Crippen LogP contribution in [0.3, 0.4) is 0 Å². The molecule has 1 aromatic rings. The largest absolute Gasteiger partial charge is 0.402 e. The maximum absolute atomic E-state index is 6.14. The number of nitrogens with two attached hydrogens (primary N) is 1. The van der Waals surface area contributed by atoms with Crippen molar-refractivity contribution in [2.75, 3.05) is 18.5 Å². The summed E-state index contributed by atoms with van der Waals surface area (Å²) in [6, 6.07) is 6.45. The van der Waals surface area contributed by atoms with Gasteiger partial charge >= 0.3 is 0 Å². The third-order valence-electron chi connectivity index (χ3n) is 4.59. The van der Waals surface area contributed by atoms with Gasteiger partial charge in [-0.2, -0.15) is 0 Å². The molecule has 0 spiro atoms. The molecule has 0 aliphatic rings. The summed E-state index contributed by atoms with van der Waals surface area (Å²) in [4.78, 5) is 11.0. The number of hydrogen-bond acceptors (Lipinski definition) is 4. The number of aryl methyl sites for hydroxylation is 1. The van der Waals surface area contributed by atoms with Gasteiger partial charge in [0.25, 0.3) is 0 Å². The molecule has 0 saturated heterocycles. The molecule has 0 bridgehead atoms. The van der Waals surface area contributed by atoms with Crippen LogP contribution in [0.15, 0.2) is 70.1 Å². The lowest BCUT2D eigenvalue weighted by atomic mass is 9.95. The van der Waals surface area contributed by atoms with E-state index in [2.05, 4.69) is 66.2 Å². The van der Waals surface area contributed by atoms with E-state index in [1.807, 2.05) is 27.7 Å². The molecule has 0 amide bonds. The third-order valence-corrected chi connectivity index (χ3v) is 4.59. The average Bonchev–Trinajstić information content (AvgIpc) is 2.61. The van der Waals surface area contributed by atoms with Gasteiger partial charge in [-0.05, 0) is 76.5 Å². The summed E-state index contributed by atoms with van der Waals surface area (Å²) in [5.41, 5.74) is 14.9.